The van der Waals surface area contributed by atoms with Crippen molar-refractivity contribution in [1.29, 1.82) is 0 Å². The molecule has 0 aromatic heterocycles. The minimum Gasteiger partial charge on any atom is -0.394 e. The predicted molar refractivity (Wildman–Crippen MR) is 165 cm³/mol. The van der Waals surface area contributed by atoms with Gasteiger partial charge in [0.15, 0.2) is 0 Å². The second kappa shape index (κ2) is 30.4. The Hall–Kier alpha value is -1.13. The first-order chi connectivity index (χ1) is 18.7. The third kappa shape index (κ3) is 26.5. The summed E-state index contributed by atoms with van der Waals surface area (Å²) in [6.45, 7) is 4.24. The average Bonchev–Trinajstić information content (AvgIpc) is 2.92. The molecule has 0 saturated heterocycles. The van der Waals surface area contributed by atoms with Crippen LogP contribution < -0.4 is 5.32 Å². The number of unbranched alkanes of at least 4 members (excludes halogenated alkanes) is 20. The molecule has 38 heavy (non-hydrogen) atoms. The number of hydrogen-bond acceptors (Lipinski definition) is 3. The molecule has 224 valence electrons. The monoisotopic (exact) mass is 535 g/mol. The highest BCUT2D eigenvalue weighted by Crippen LogP contribution is 2.14. The van der Waals surface area contributed by atoms with Gasteiger partial charge in [0.1, 0.15) is 0 Å². The van der Waals surface area contributed by atoms with Crippen LogP contribution >= 0.6 is 0 Å². The average molecular weight is 536 g/mol. The van der Waals surface area contributed by atoms with E-state index < -0.39 is 12.1 Å². The van der Waals surface area contributed by atoms with Gasteiger partial charge < -0.3 is 15.5 Å². The van der Waals surface area contributed by atoms with E-state index in [-0.39, 0.29) is 12.5 Å². The number of hydrogen-bond donors (Lipinski definition) is 3. The summed E-state index contributed by atoms with van der Waals surface area (Å²) in [4.78, 5) is 12.2. The van der Waals surface area contributed by atoms with Crippen LogP contribution in [0.3, 0.4) is 0 Å². The first-order valence-electron chi connectivity index (χ1n) is 16.6. The topological polar surface area (TPSA) is 69.6 Å². The van der Waals surface area contributed by atoms with Gasteiger partial charge in [-0.15, -0.1) is 0 Å². The lowest BCUT2D eigenvalue weighted by atomic mass is 10.0. The summed E-state index contributed by atoms with van der Waals surface area (Å²) in [5.41, 5.74) is 0. The molecule has 0 bridgehead atoms. The Kier molecular flexibility index (Phi) is 29.5. The van der Waals surface area contributed by atoms with Crippen molar-refractivity contribution < 1.29 is 15.0 Å². The van der Waals surface area contributed by atoms with E-state index in [1.165, 1.54) is 116 Å². The molecule has 0 spiro atoms. The zero-order chi connectivity index (χ0) is 27.9. The summed E-state index contributed by atoms with van der Waals surface area (Å²) in [5.74, 6) is -0.102. The molecule has 4 heteroatoms. The van der Waals surface area contributed by atoms with Crippen LogP contribution in [-0.2, 0) is 4.79 Å². The molecule has 2 atom stereocenters. The van der Waals surface area contributed by atoms with E-state index in [1.807, 2.05) is 6.08 Å². The van der Waals surface area contributed by atoms with Crippen LogP contribution in [0.25, 0.3) is 0 Å². The second-order valence-electron chi connectivity index (χ2n) is 11.2. The van der Waals surface area contributed by atoms with E-state index in [9.17, 15) is 15.0 Å². The van der Waals surface area contributed by atoms with Crippen LogP contribution in [0.4, 0.5) is 0 Å². The van der Waals surface area contributed by atoms with Gasteiger partial charge in [0.25, 0.3) is 0 Å². The number of rotatable bonds is 29. The fourth-order valence-corrected chi connectivity index (χ4v) is 4.83. The van der Waals surface area contributed by atoms with E-state index in [1.54, 1.807) is 6.08 Å². The number of aliphatic hydroxyl groups excluding tert-OH is 2. The van der Waals surface area contributed by atoms with Gasteiger partial charge in [-0.1, -0.05) is 147 Å². The molecule has 0 aliphatic carbocycles. The Morgan fingerprint density at radius 2 is 1.00 bits per heavy atom. The summed E-state index contributed by atoms with van der Waals surface area (Å²) >= 11 is 0. The Bertz CT molecular complexity index is 546. The number of carbonyl (C=O) groups excluding carboxylic acids is 1. The third-order valence-electron chi connectivity index (χ3n) is 7.43. The van der Waals surface area contributed by atoms with Gasteiger partial charge in [-0.25, -0.2) is 0 Å². The molecule has 0 aromatic rings. The smallest absolute Gasteiger partial charge is 0.220 e. The van der Waals surface area contributed by atoms with Crippen molar-refractivity contribution in [1.82, 2.24) is 5.32 Å². The van der Waals surface area contributed by atoms with E-state index in [0.29, 0.717) is 6.42 Å². The Labute approximate surface area is 237 Å². The second-order valence-corrected chi connectivity index (χ2v) is 11.2. The SMILES string of the molecule is CCCCCC/C=C\CCCC(=O)NC(CO)C(O)/C=C/CCCCCCCCCCCCCCCCC. The minimum absolute atomic E-state index is 0.102. The molecule has 0 saturated carbocycles. The van der Waals surface area contributed by atoms with Crippen LogP contribution in [0, 0.1) is 0 Å². The zero-order valence-electron chi connectivity index (χ0n) is 25.4. The maximum atomic E-state index is 12.2. The molecule has 0 aliphatic rings. The molecule has 3 N–H and O–H groups in total. The zero-order valence-corrected chi connectivity index (χ0v) is 25.4. The van der Waals surface area contributed by atoms with Crippen LogP contribution in [0.15, 0.2) is 24.3 Å². The van der Waals surface area contributed by atoms with E-state index in [2.05, 4.69) is 31.3 Å². The summed E-state index contributed by atoms with van der Waals surface area (Å²) in [6, 6.07) is -0.631. The van der Waals surface area contributed by atoms with Crippen molar-refractivity contribution in [2.45, 2.75) is 180 Å². The minimum atomic E-state index is -0.844. The largest absolute Gasteiger partial charge is 0.394 e. The number of carbonyl (C=O) groups is 1. The van der Waals surface area contributed by atoms with Crippen molar-refractivity contribution in [2.24, 2.45) is 0 Å². The van der Waals surface area contributed by atoms with Gasteiger partial charge in [-0.2, -0.15) is 0 Å². The third-order valence-corrected chi connectivity index (χ3v) is 7.43. The van der Waals surface area contributed by atoms with Gasteiger partial charge in [-0.3, -0.25) is 4.79 Å². The fraction of sp³-hybridized carbons (Fsp3) is 0.853. The molecule has 0 fully saturated rings. The highest BCUT2D eigenvalue weighted by atomic mass is 16.3. The molecule has 0 aromatic carbocycles. The van der Waals surface area contributed by atoms with Crippen LogP contribution in [-0.4, -0.2) is 34.9 Å². The fourth-order valence-electron chi connectivity index (χ4n) is 4.83. The molecule has 0 aliphatic heterocycles. The van der Waals surface area contributed by atoms with Crippen molar-refractivity contribution in [2.75, 3.05) is 6.61 Å². The first kappa shape index (κ1) is 36.9. The highest BCUT2D eigenvalue weighted by Gasteiger charge is 2.17. The van der Waals surface area contributed by atoms with Crippen LogP contribution in [0.2, 0.25) is 0 Å². The van der Waals surface area contributed by atoms with Gasteiger partial charge in [0, 0.05) is 6.42 Å². The Morgan fingerprint density at radius 1 is 0.605 bits per heavy atom. The number of amides is 1. The maximum absolute atomic E-state index is 12.2. The molecule has 1 amide bonds. The predicted octanol–water partition coefficient (Wildman–Crippen LogP) is 9.34. The summed E-state index contributed by atoms with van der Waals surface area (Å²) in [7, 11) is 0. The molecule has 0 heterocycles. The highest BCUT2D eigenvalue weighted by molar-refractivity contribution is 5.76. The van der Waals surface area contributed by atoms with Crippen molar-refractivity contribution in [3.05, 3.63) is 24.3 Å². The number of allylic oxidation sites excluding steroid dienone is 3. The van der Waals surface area contributed by atoms with Crippen molar-refractivity contribution in [3.8, 4) is 0 Å². The first-order valence-corrected chi connectivity index (χ1v) is 16.6. The van der Waals surface area contributed by atoms with Gasteiger partial charge in [0.2, 0.25) is 5.91 Å². The van der Waals surface area contributed by atoms with E-state index in [0.717, 1.165) is 32.1 Å². The summed E-state index contributed by atoms with van der Waals surface area (Å²) in [6.07, 6.45) is 36.9. The lowest BCUT2D eigenvalue weighted by molar-refractivity contribution is -0.122. The molecule has 2 unspecified atom stereocenters. The van der Waals surface area contributed by atoms with E-state index in [4.69, 9.17) is 0 Å². The molecular weight excluding hydrogens is 470 g/mol. The maximum Gasteiger partial charge on any atom is 0.220 e. The summed E-state index contributed by atoms with van der Waals surface area (Å²) < 4.78 is 0. The normalized spacial score (nSPS) is 13.5. The molecule has 0 rings (SSSR count). The van der Waals surface area contributed by atoms with Crippen molar-refractivity contribution >= 4 is 5.91 Å². The molecule has 0 radical (unpaired) electrons. The van der Waals surface area contributed by atoms with Crippen LogP contribution in [0.1, 0.15) is 168 Å². The van der Waals surface area contributed by atoms with Gasteiger partial charge in [-0.05, 0) is 38.5 Å². The number of nitrogens with one attached hydrogen (secondary N) is 1. The lowest BCUT2D eigenvalue weighted by Gasteiger charge is -2.19. The quantitative estimate of drug-likeness (QED) is 0.0660. The Balaban J connectivity index is 3.65. The van der Waals surface area contributed by atoms with Crippen molar-refractivity contribution in [3.63, 3.8) is 0 Å². The number of aliphatic hydroxyl groups is 2. The molecular formula is C34H65NO3. The van der Waals surface area contributed by atoms with E-state index >= 15 is 0 Å². The summed E-state index contributed by atoms with van der Waals surface area (Å²) in [5, 5.41) is 22.7. The lowest BCUT2D eigenvalue weighted by Crippen LogP contribution is -2.45. The van der Waals surface area contributed by atoms with Crippen LogP contribution in [0.5, 0.6) is 0 Å². The van der Waals surface area contributed by atoms with Gasteiger partial charge in [0.05, 0.1) is 18.8 Å². The standard InChI is InChI=1S/C34H65NO3/c1-3-5-7-9-11-13-14-15-16-17-18-19-20-22-23-25-27-29-33(37)32(31-36)35-34(38)30-28-26-24-21-12-10-8-6-4-2/h21,24,27,29,32-33,36-37H,3-20,22-23,25-26,28,30-31H2,1-2H3,(H,35,38)/b24-21-,29-27+. The molecule has 4 nitrogen and oxygen atoms in total. The van der Waals surface area contributed by atoms with Gasteiger partial charge >= 0.3 is 0 Å². The Morgan fingerprint density at radius 3 is 1.47 bits per heavy atom.